The van der Waals surface area contributed by atoms with Gasteiger partial charge in [0.2, 0.25) is 0 Å². The summed E-state index contributed by atoms with van der Waals surface area (Å²) >= 11 is 0. The Balaban J connectivity index is 3.74. The summed E-state index contributed by atoms with van der Waals surface area (Å²) in [4.78, 5) is 0. The van der Waals surface area contributed by atoms with Gasteiger partial charge in [-0.2, -0.15) is 18.6 Å². The molecule has 6 nitrogen and oxygen atoms in total. The van der Waals surface area contributed by atoms with E-state index in [-0.39, 0.29) is 18.3 Å². The van der Waals surface area contributed by atoms with Crippen molar-refractivity contribution in [3.05, 3.63) is 12.7 Å². The van der Waals surface area contributed by atoms with Gasteiger partial charge in [-0.15, -0.1) is 6.58 Å². The minimum Gasteiger partial charge on any atom is -0.381 e. The molecule has 0 aromatic rings. The van der Waals surface area contributed by atoms with E-state index in [0.717, 1.165) is 12.8 Å². The van der Waals surface area contributed by atoms with Crippen molar-refractivity contribution in [3.63, 3.8) is 0 Å². The molecule has 0 saturated carbocycles. The van der Waals surface area contributed by atoms with Crippen LogP contribution in [0.25, 0.3) is 0 Å². The molecule has 0 aliphatic heterocycles. The first-order chi connectivity index (χ1) is 12.1. The Morgan fingerprint density at radius 2 is 1.52 bits per heavy atom. The molecular formula is C18H37NO5S. The Morgan fingerprint density at radius 3 is 2.08 bits per heavy atom. The second kappa shape index (κ2) is 17.0. The molecule has 1 unspecified atom stereocenters. The third-order valence-corrected chi connectivity index (χ3v) is 5.09. The lowest BCUT2D eigenvalue weighted by Crippen LogP contribution is -2.28. The fourth-order valence-electron chi connectivity index (χ4n) is 2.56. The topological polar surface area (TPSA) is 87.8 Å². The zero-order valence-corrected chi connectivity index (χ0v) is 16.6. The van der Waals surface area contributed by atoms with E-state index in [1.807, 2.05) is 0 Å². The van der Waals surface area contributed by atoms with Gasteiger partial charge >= 0.3 is 0 Å². The Morgan fingerprint density at radius 1 is 0.960 bits per heavy atom. The second-order valence-corrected chi connectivity index (χ2v) is 8.06. The van der Waals surface area contributed by atoms with Crippen molar-refractivity contribution in [2.45, 2.75) is 64.7 Å². The Kier molecular flexibility index (Phi) is 16.7. The van der Waals surface area contributed by atoms with Gasteiger partial charge in [0.25, 0.3) is 10.1 Å². The van der Waals surface area contributed by atoms with Crippen molar-refractivity contribution in [3.8, 4) is 0 Å². The fourth-order valence-corrected chi connectivity index (χ4v) is 3.40. The van der Waals surface area contributed by atoms with Gasteiger partial charge in [-0.05, 0) is 6.42 Å². The summed E-state index contributed by atoms with van der Waals surface area (Å²) < 4.78 is 37.9. The lowest BCUT2D eigenvalue weighted by molar-refractivity contribution is 0.0536. The van der Waals surface area contributed by atoms with E-state index in [4.69, 9.17) is 15.4 Å². The zero-order valence-electron chi connectivity index (χ0n) is 15.8. The highest BCUT2D eigenvalue weighted by Crippen LogP contribution is 2.10. The first-order valence-corrected chi connectivity index (χ1v) is 11.0. The lowest BCUT2D eigenvalue weighted by atomic mass is 10.1. The summed E-state index contributed by atoms with van der Waals surface area (Å²) in [6, 6.07) is 0. The van der Waals surface area contributed by atoms with Gasteiger partial charge in [-0.3, -0.25) is 0 Å². The number of hydrogen-bond acceptors (Lipinski definition) is 6. The normalized spacial score (nSPS) is 13.0. The molecule has 2 N–H and O–H groups in total. The second-order valence-electron chi connectivity index (χ2n) is 6.42. The smallest absolute Gasteiger partial charge is 0.283 e. The summed E-state index contributed by atoms with van der Waals surface area (Å²) in [5.41, 5.74) is 0. The molecule has 0 radical (unpaired) electrons. The van der Waals surface area contributed by atoms with Crippen LogP contribution in [0.15, 0.2) is 12.7 Å². The maximum atomic E-state index is 11.5. The molecule has 0 aliphatic rings. The number of ether oxygens (including phenoxy) is 2. The van der Waals surface area contributed by atoms with Crippen molar-refractivity contribution in [1.29, 1.82) is 0 Å². The quantitative estimate of drug-likeness (QED) is 0.210. The van der Waals surface area contributed by atoms with Crippen LogP contribution in [-0.2, 0) is 23.9 Å². The highest BCUT2D eigenvalue weighted by Gasteiger charge is 2.20. The van der Waals surface area contributed by atoms with Crippen molar-refractivity contribution in [2.24, 2.45) is 11.8 Å². The lowest BCUT2D eigenvalue weighted by Gasteiger charge is -2.16. The molecule has 0 aromatic heterocycles. The SMILES string of the molecule is C=CCOCC(COCCCCCCCCCCC)CS(=O)(=O)ON. The molecule has 25 heavy (non-hydrogen) atoms. The molecule has 0 spiro atoms. The van der Waals surface area contributed by atoms with Crippen LogP contribution in [0, 0.1) is 5.92 Å². The van der Waals surface area contributed by atoms with E-state index in [0.29, 0.717) is 19.8 Å². The predicted octanol–water partition coefficient (Wildman–Crippen LogP) is 3.57. The molecule has 0 aliphatic carbocycles. The van der Waals surface area contributed by atoms with Gasteiger partial charge in [0.05, 0.1) is 25.6 Å². The van der Waals surface area contributed by atoms with E-state index < -0.39 is 10.1 Å². The number of unbranched alkanes of at least 4 members (excludes halogenated alkanes) is 8. The number of nitrogens with two attached hydrogens (primary N) is 1. The molecule has 150 valence electrons. The van der Waals surface area contributed by atoms with Crippen LogP contribution in [0.3, 0.4) is 0 Å². The summed E-state index contributed by atoms with van der Waals surface area (Å²) in [6.07, 6.45) is 12.9. The molecular weight excluding hydrogens is 342 g/mol. The van der Waals surface area contributed by atoms with Gasteiger partial charge in [0.15, 0.2) is 0 Å². The van der Waals surface area contributed by atoms with Gasteiger partial charge in [-0.25, -0.2) is 0 Å². The Hall–Kier alpha value is -0.470. The third kappa shape index (κ3) is 16.7. The van der Waals surface area contributed by atoms with Crippen molar-refractivity contribution >= 4 is 10.1 Å². The summed E-state index contributed by atoms with van der Waals surface area (Å²) in [7, 11) is -3.73. The Labute approximate surface area is 154 Å². The minimum absolute atomic E-state index is 0.210. The standard InChI is InChI=1S/C18H37NO5S/c1-3-5-6-7-8-9-10-11-12-14-23-16-18(15-22-13-4-2)17-25(20,21)24-19/h4,18H,2-3,5-17,19H2,1H3. The number of rotatable bonds is 19. The summed E-state index contributed by atoms with van der Waals surface area (Å²) in [6.45, 7) is 7.39. The average molecular weight is 380 g/mol. The van der Waals surface area contributed by atoms with Crippen LogP contribution in [0.1, 0.15) is 64.7 Å². The zero-order chi connectivity index (χ0) is 18.8. The Bertz CT molecular complexity index is 400. The van der Waals surface area contributed by atoms with Crippen LogP contribution < -0.4 is 5.90 Å². The summed E-state index contributed by atoms with van der Waals surface area (Å²) in [5, 5.41) is 0. The maximum absolute atomic E-state index is 11.5. The molecule has 0 amide bonds. The molecule has 0 heterocycles. The fraction of sp³-hybridized carbons (Fsp3) is 0.889. The maximum Gasteiger partial charge on any atom is 0.283 e. The van der Waals surface area contributed by atoms with Crippen LogP contribution >= 0.6 is 0 Å². The van der Waals surface area contributed by atoms with E-state index in [1.165, 1.54) is 44.9 Å². The third-order valence-electron chi connectivity index (χ3n) is 3.92. The molecule has 0 bridgehead atoms. The van der Waals surface area contributed by atoms with Crippen molar-refractivity contribution < 1.29 is 22.2 Å². The molecule has 0 fully saturated rings. The highest BCUT2D eigenvalue weighted by atomic mass is 32.2. The predicted molar refractivity (Wildman–Crippen MR) is 102 cm³/mol. The first-order valence-electron chi connectivity index (χ1n) is 9.43. The number of hydrogen-bond donors (Lipinski definition) is 1. The van der Waals surface area contributed by atoms with Gasteiger partial charge in [0, 0.05) is 12.5 Å². The van der Waals surface area contributed by atoms with Crippen molar-refractivity contribution in [1.82, 2.24) is 0 Å². The van der Waals surface area contributed by atoms with E-state index in [2.05, 4.69) is 17.8 Å². The van der Waals surface area contributed by atoms with E-state index >= 15 is 0 Å². The van der Waals surface area contributed by atoms with Gasteiger partial charge in [-0.1, -0.05) is 64.4 Å². The van der Waals surface area contributed by atoms with E-state index in [9.17, 15) is 8.42 Å². The van der Waals surface area contributed by atoms with Crippen molar-refractivity contribution in [2.75, 3.05) is 32.2 Å². The van der Waals surface area contributed by atoms with Gasteiger partial charge in [0.1, 0.15) is 0 Å². The molecule has 0 rings (SSSR count). The molecule has 0 aromatic carbocycles. The van der Waals surface area contributed by atoms with E-state index in [1.54, 1.807) is 6.08 Å². The largest absolute Gasteiger partial charge is 0.381 e. The summed E-state index contributed by atoms with van der Waals surface area (Å²) in [5.74, 6) is 4.28. The molecule has 7 heteroatoms. The van der Waals surface area contributed by atoms with Crippen LogP contribution in [0.5, 0.6) is 0 Å². The monoisotopic (exact) mass is 379 g/mol. The minimum atomic E-state index is -3.73. The van der Waals surface area contributed by atoms with Gasteiger partial charge < -0.3 is 9.47 Å². The van der Waals surface area contributed by atoms with Crippen LogP contribution in [0.2, 0.25) is 0 Å². The molecule has 0 saturated heterocycles. The first kappa shape index (κ1) is 24.5. The molecule has 1 atom stereocenters. The van der Waals surface area contributed by atoms with Crippen LogP contribution in [0.4, 0.5) is 0 Å². The van der Waals surface area contributed by atoms with Crippen LogP contribution in [-0.4, -0.2) is 40.6 Å². The highest BCUT2D eigenvalue weighted by molar-refractivity contribution is 7.86. The average Bonchev–Trinajstić information content (AvgIpc) is 2.59.